The number of halogens is 1. The van der Waals surface area contributed by atoms with Gasteiger partial charge in [-0.05, 0) is 31.0 Å². The fourth-order valence-electron chi connectivity index (χ4n) is 4.41. The van der Waals surface area contributed by atoms with Gasteiger partial charge in [0.05, 0.1) is 16.9 Å². The lowest BCUT2D eigenvalue weighted by Gasteiger charge is -2.38. The zero-order chi connectivity index (χ0) is 18.4. The van der Waals surface area contributed by atoms with Crippen molar-refractivity contribution in [1.29, 1.82) is 0 Å². The molecule has 0 aliphatic carbocycles. The van der Waals surface area contributed by atoms with Crippen LogP contribution in [0.4, 0.5) is 0 Å². The summed E-state index contributed by atoms with van der Waals surface area (Å²) in [7, 11) is 0. The molecule has 2 aliphatic heterocycles. The third-order valence-electron chi connectivity index (χ3n) is 5.63. The molecule has 0 saturated carbocycles. The lowest BCUT2D eigenvalue weighted by atomic mass is 9.99. The molecular formula is C20H20ClN5O. The standard InChI is InChI=1S/C20H20ClN5O/c21-15-4-2-14(3-5-15)18-17(26-9-1-8-22-19(26)23-18)11-25-10-16-6-7-20(12-25,13-27)24-16/h1-5,8-9,13,16,24H,6-7,10-12H2. The topological polar surface area (TPSA) is 62.5 Å². The number of hydrogen-bond acceptors (Lipinski definition) is 5. The molecule has 2 unspecified atom stereocenters. The number of rotatable bonds is 4. The van der Waals surface area contributed by atoms with E-state index in [-0.39, 0.29) is 0 Å². The number of benzene rings is 1. The van der Waals surface area contributed by atoms with E-state index in [1.807, 2.05) is 40.9 Å². The average molecular weight is 382 g/mol. The van der Waals surface area contributed by atoms with Crippen LogP contribution in [0, 0.1) is 0 Å². The molecular weight excluding hydrogens is 362 g/mol. The first-order valence-electron chi connectivity index (χ1n) is 9.20. The number of carbonyl (C=O) groups is 1. The summed E-state index contributed by atoms with van der Waals surface area (Å²) in [6.07, 6.45) is 6.81. The highest BCUT2D eigenvalue weighted by Crippen LogP contribution is 2.31. The van der Waals surface area contributed by atoms with Gasteiger partial charge in [-0.15, -0.1) is 0 Å². The van der Waals surface area contributed by atoms with Crippen LogP contribution in [0.1, 0.15) is 18.5 Å². The maximum atomic E-state index is 11.7. The van der Waals surface area contributed by atoms with E-state index in [4.69, 9.17) is 16.6 Å². The quantitative estimate of drug-likeness (QED) is 0.704. The van der Waals surface area contributed by atoms with E-state index in [1.165, 1.54) is 0 Å². The first-order valence-corrected chi connectivity index (χ1v) is 9.58. The van der Waals surface area contributed by atoms with Crippen molar-refractivity contribution in [3.05, 3.63) is 53.4 Å². The summed E-state index contributed by atoms with van der Waals surface area (Å²) < 4.78 is 2.04. The predicted molar refractivity (Wildman–Crippen MR) is 104 cm³/mol. The molecule has 138 valence electrons. The number of likely N-dealkylation sites (tertiary alicyclic amines) is 1. The molecule has 2 saturated heterocycles. The summed E-state index contributed by atoms with van der Waals surface area (Å²) in [5.41, 5.74) is 2.62. The van der Waals surface area contributed by atoms with Gasteiger partial charge in [-0.25, -0.2) is 9.97 Å². The monoisotopic (exact) mass is 381 g/mol. The second-order valence-electron chi connectivity index (χ2n) is 7.53. The molecule has 7 heteroatoms. The number of nitrogens with one attached hydrogen (secondary N) is 1. The molecule has 0 radical (unpaired) electrons. The normalized spacial score (nSPS) is 25.1. The maximum absolute atomic E-state index is 11.7. The lowest BCUT2D eigenvalue weighted by molar-refractivity contribution is -0.114. The third-order valence-corrected chi connectivity index (χ3v) is 5.89. The first kappa shape index (κ1) is 16.9. The summed E-state index contributed by atoms with van der Waals surface area (Å²) >= 11 is 6.06. The predicted octanol–water partition coefficient (Wildman–Crippen LogP) is 2.55. The number of fused-ring (bicyclic) bond motifs is 3. The molecule has 6 nitrogen and oxygen atoms in total. The van der Waals surface area contributed by atoms with Gasteiger partial charge < -0.3 is 10.1 Å². The van der Waals surface area contributed by atoms with Gasteiger partial charge >= 0.3 is 0 Å². The number of imidazole rings is 1. The molecule has 2 atom stereocenters. The van der Waals surface area contributed by atoms with Crippen molar-refractivity contribution in [1.82, 2.24) is 24.6 Å². The zero-order valence-corrected chi connectivity index (χ0v) is 15.6. The Bertz CT molecular complexity index is 1000. The fraction of sp³-hybridized carbons (Fsp3) is 0.350. The molecule has 27 heavy (non-hydrogen) atoms. The summed E-state index contributed by atoms with van der Waals surface area (Å²) in [6, 6.07) is 10.0. The van der Waals surface area contributed by atoms with Crippen molar-refractivity contribution in [2.75, 3.05) is 13.1 Å². The number of hydrogen-bond donors (Lipinski definition) is 1. The van der Waals surface area contributed by atoms with Crippen molar-refractivity contribution in [3.8, 4) is 11.3 Å². The minimum absolute atomic E-state index is 0.375. The van der Waals surface area contributed by atoms with Crippen LogP contribution in [-0.2, 0) is 11.3 Å². The van der Waals surface area contributed by atoms with E-state index in [0.29, 0.717) is 16.8 Å². The van der Waals surface area contributed by atoms with Crippen LogP contribution in [0.3, 0.4) is 0 Å². The lowest BCUT2D eigenvalue weighted by Crippen LogP contribution is -2.60. The molecule has 2 aromatic heterocycles. The van der Waals surface area contributed by atoms with Crippen molar-refractivity contribution >= 4 is 23.7 Å². The van der Waals surface area contributed by atoms with Gasteiger partial charge in [-0.3, -0.25) is 9.30 Å². The zero-order valence-electron chi connectivity index (χ0n) is 14.8. The van der Waals surface area contributed by atoms with Crippen LogP contribution in [0.2, 0.25) is 5.02 Å². The maximum Gasteiger partial charge on any atom is 0.234 e. The van der Waals surface area contributed by atoms with Crippen molar-refractivity contribution < 1.29 is 4.79 Å². The Balaban J connectivity index is 1.55. The molecule has 4 heterocycles. The van der Waals surface area contributed by atoms with E-state index in [2.05, 4.69) is 15.2 Å². The van der Waals surface area contributed by atoms with Gasteiger partial charge in [0, 0.05) is 48.7 Å². The second-order valence-corrected chi connectivity index (χ2v) is 7.96. The average Bonchev–Trinajstić information content (AvgIpc) is 3.20. The smallest absolute Gasteiger partial charge is 0.234 e. The van der Waals surface area contributed by atoms with Crippen LogP contribution in [0.15, 0.2) is 42.7 Å². The minimum Gasteiger partial charge on any atom is -0.301 e. The Hall–Kier alpha value is -2.28. The van der Waals surface area contributed by atoms with E-state index in [9.17, 15) is 4.79 Å². The van der Waals surface area contributed by atoms with Gasteiger partial charge in [-0.1, -0.05) is 23.7 Å². The minimum atomic E-state index is -0.401. The molecule has 1 N–H and O–H groups in total. The Kier molecular flexibility index (Phi) is 4.00. The Morgan fingerprint density at radius 2 is 2.19 bits per heavy atom. The van der Waals surface area contributed by atoms with Crippen LogP contribution >= 0.6 is 11.6 Å². The third kappa shape index (κ3) is 2.94. The molecule has 2 aliphatic rings. The number of piperazine rings is 1. The molecule has 3 aromatic rings. The van der Waals surface area contributed by atoms with E-state index in [0.717, 1.165) is 55.7 Å². The first-order chi connectivity index (χ1) is 13.2. The molecule has 1 aromatic carbocycles. The Morgan fingerprint density at radius 1 is 1.33 bits per heavy atom. The summed E-state index contributed by atoms with van der Waals surface area (Å²) in [6.45, 7) is 2.38. The highest BCUT2D eigenvalue weighted by Gasteiger charge is 2.44. The molecule has 0 amide bonds. The largest absolute Gasteiger partial charge is 0.301 e. The number of aromatic nitrogens is 3. The van der Waals surface area contributed by atoms with Crippen molar-refractivity contribution in [2.24, 2.45) is 0 Å². The molecule has 5 rings (SSSR count). The Labute approximate surface area is 162 Å². The van der Waals surface area contributed by atoms with Crippen LogP contribution in [-0.4, -0.2) is 50.2 Å². The number of carbonyl (C=O) groups excluding carboxylic acids is 1. The van der Waals surface area contributed by atoms with E-state index < -0.39 is 5.54 Å². The van der Waals surface area contributed by atoms with E-state index >= 15 is 0 Å². The number of nitrogens with zero attached hydrogens (tertiary/aromatic N) is 4. The highest BCUT2D eigenvalue weighted by molar-refractivity contribution is 6.30. The van der Waals surface area contributed by atoms with Gasteiger partial charge in [0.1, 0.15) is 6.29 Å². The SMILES string of the molecule is O=CC12CCC(CN(Cc3c(-c4ccc(Cl)cc4)nc4ncccn34)C1)N2. The summed E-state index contributed by atoms with van der Waals surface area (Å²) in [5.74, 6) is 0.681. The molecule has 2 bridgehead atoms. The Morgan fingerprint density at radius 3 is 3.00 bits per heavy atom. The van der Waals surface area contributed by atoms with Crippen LogP contribution < -0.4 is 5.32 Å². The van der Waals surface area contributed by atoms with E-state index in [1.54, 1.807) is 6.20 Å². The molecule has 0 spiro atoms. The van der Waals surface area contributed by atoms with Gasteiger partial charge in [0.2, 0.25) is 5.78 Å². The highest BCUT2D eigenvalue weighted by atomic mass is 35.5. The van der Waals surface area contributed by atoms with Crippen LogP contribution in [0.5, 0.6) is 0 Å². The van der Waals surface area contributed by atoms with Crippen LogP contribution in [0.25, 0.3) is 17.0 Å². The van der Waals surface area contributed by atoms with Crippen molar-refractivity contribution in [2.45, 2.75) is 31.0 Å². The number of aldehydes is 1. The second kappa shape index (κ2) is 6.41. The van der Waals surface area contributed by atoms with Gasteiger partial charge in [-0.2, -0.15) is 0 Å². The van der Waals surface area contributed by atoms with Gasteiger partial charge in [0.15, 0.2) is 0 Å². The van der Waals surface area contributed by atoms with Gasteiger partial charge in [0.25, 0.3) is 0 Å². The fourth-order valence-corrected chi connectivity index (χ4v) is 4.53. The molecule has 2 fully saturated rings. The van der Waals surface area contributed by atoms with Crippen molar-refractivity contribution in [3.63, 3.8) is 0 Å². The summed E-state index contributed by atoms with van der Waals surface area (Å²) in [5, 5.41) is 4.20. The summed E-state index contributed by atoms with van der Waals surface area (Å²) in [4.78, 5) is 23.2.